The van der Waals surface area contributed by atoms with E-state index in [1.54, 1.807) is 19.1 Å². The number of imidazole rings is 1. The van der Waals surface area contributed by atoms with E-state index in [2.05, 4.69) is 35.2 Å². The lowest BCUT2D eigenvalue weighted by atomic mass is 9.96. The van der Waals surface area contributed by atoms with E-state index in [1.165, 1.54) is 47.5 Å². The van der Waals surface area contributed by atoms with Crippen molar-refractivity contribution in [1.82, 2.24) is 34.4 Å². The number of carbonyl (C=O) groups excluding carboxylic acids is 3. The van der Waals surface area contributed by atoms with Crippen molar-refractivity contribution in [1.29, 1.82) is 0 Å². The highest BCUT2D eigenvalue weighted by molar-refractivity contribution is 7.13. The minimum Gasteiger partial charge on any atom is -0.342 e. The Kier molecular flexibility index (Phi) is 7.67. The lowest BCUT2D eigenvalue weighted by Gasteiger charge is -2.19. The maximum atomic E-state index is 14.3. The molecule has 14 heteroatoms. The highest BCUT2D eigenvalue weighted by Gasteiger charge is 2.30. The van der Waals surface area contributed by atoms with Crippen LogP contribution in [0.1, 0.15) is 58.0 Å². The summed E-state index contributed by atoms with van der Waals surface area (Å²) in [5.41, 5.74) is 0.857. The van der Waals surface area contributed by atoms with Crippen molar-refractivity contribution in [3.05, 3.63) is 88.2 Å². The summed E-state index contributed by atoms with van der Waals surface area (Å²) < 4.78 is 20.8. The van der Waals surface area contributed by atoms with Gasteiger partial charge in [0.05, 0.1) is 23.5 Å². The molecule has 0 saturated heterocycles. The third kappa shape index (κ3) is 5.46. The van der Waals surface area contributed by atoms with Crippen LogP contribution in [0.15, 0.2) is 48.8 Å². The Balaban J connectivity index is 1.61. The molecule has 1 atom stereocenters. The summed E-state index contributed by atoms with van der Waals surface area (Å²) in [7, 11) is 0. The fourth-order valence-electron chi connectivity index (χ4n) is 4.32. The molecule has 0 fully saturated rings. The predicted molar refractivity (Wildman–Crippen MR) is 147 cm³/mol. The van der Waals surface area contributed by atoms with E-state index < -0.39 is 23.5 Å². The molecule has 0 unspecified atom stereocenters. The van der Waals surface area contributed by atoms with Crippen molar-refractivity contribution in [2.75, 3.05) is 5.32 Å². The molecule has 0 radical (unpaired) electrons. The number of ketones is 1. The fraction of sp³-hybridized carbons (Fsp3) is 0.192. The third-order valence-corrected chi connectivity index (χ3v) is 7.30. The van der Waals surface area contributed by atoms with Crippen LogP contribution < -0.4 is 10.6 Å². The van der Waals surface area contributed by atoms with Crippen molar-refractivity contribution in [3.8, 4) is 0 Å². The topological polar surface area (TPSA) is 148 Å². The zero-order chi connectivity index (χ0) is 28.4. The highest BCUT2D eigenvalue weighted by atomic mass is 35.5. The summed E-state index contributed by atoms with van der Waals surface area (Å²) in [4.78, 5) is 47.5. The molecule has 2 aromatic carbocycles. The van der Waals surface area contributed by atoms with Crippen LogP contribution in [0.5, 0.6) is 0 Å². The van der Waals surface area contributed by atoms with Gasteiger partial charge in [0.2, 0.25) is 5.82 Å². The number of amides is 2. The van der Waals surface area contributed by atoms with Gasteiger partial charge in [-0.1, -0.05) is 36.7 Å². The zero-order valence-corrected chi connectivity index (χ0v) is 22.8. The zero-order valence-electron chi connectivity index (χ0n) is 21.2. The van der Waals surface area contributed by atoms with Crippen LogP contribution in [0.4, 0.5) is 10.2 Å². The molecule has 0 saturated carbocycles. The number of Topliss-reactive ketones (excluding diaryl/α,β-unsaturated/α-hetero) is 1. The second-order valence-corrected chi connectivity index (χ2v) is 10.2. The normalized spacial score (nSPS) is 11.9. The first-order valence-corrected chi connectivity index (χ1v) is 13.2. The van der Waals surface area contributed by atoms with Gasteiger partial charge in [0, 0.05) is 16.3 Å². The van der Waals surface area contributed by atoms with E-state index in [9.17, 15) is 18.8 Å². The number of halogens is 2. The van der Waals surface area contributed by atoms with Gasteiger partial charge >= 0.3 is 0 Å². The van der Waals surface area contributed by atoms with Crippen LogP contribution in [0.3, 0.4) is 0 Å². The number of anilines is 1. The molecule has 5 aromatic rings. The highest BCUT2D eigenvalue weighted by Crippen LogP contribution is 2.36. The number of hydrogen-bond donors (Lipinski definition) is 3. The minimum atomic E-state index is -0.687. The fourth-order valence-corrected chi connectivity index (χ4v) is 5.38. The largest absolute Gasteiger partial charge is 0.342 e. The Morgan fingerprint density at radius 1 is 1.18 bits per heavy atom. The van der Waals surface area contributed by atoms with E-state index in [4.69, 9.17) is 11.6 Å². The number of aromatic nitrogens is 6. The molecule has 3 heterocycles. The van der Waals surface area contributed by atoms with E-state index in [0.29, 0.717) is 22.5 Å². The number of H-pyrrole nitrogens is 1. The van der Waals surface area contributed by atoms with Crippen molar-refractivity contribution >= 4 is 56.6 Å². The first-order chi connectivity index (χ1) is 19.2. The van der Waals surface area contributed by atoms with Crippen LogP contribution >= 0.6 is 23.1 Å². The monoisotopic (exact) mass is 580 g/mol. The van der Waals surface area contributed by atoms with Crippen LogP contribution in [0, 0.1) is 5.82 Å². The molecule has 0 aliphatic carbocycles. The summed E-state index contributed by atoms with van der Waals surface area (Å²) >= 11 is 7.60. The van der Waals surface area contributed by atoms with Gasteiger partial charge in [-0.3, -0.25) is 19.5 Å². The molecule has 0 bridgehead atoms. The molecule has 11 nitrogen and oxygen atoms in total. The first kappa shape index (κ1) is 27.1. The molecule has 0 aliphatic heterocycles. The second-order valence-electron chi connectivity index (χ2n) is 8.94. The Hall–Kier alpha value is -4.49. The van der Waals surface area contributed by atoms with Gasteiger partial charge in [-0.15, -0.1) is 0 Å². The summed E-state index contributed by atoms with van der Waals surface area (Å²) in [6.45, 7) is 2.86. The lowest BCUT2D eigenvalue weighted by Crippen LogP contribution is -2.28. The van der Waals surface area contributed by atoms with Gasteiger partial charge in [0.25, 0.3) is 11.8 Å². The number of rotatable bonds is 9. The van der Waals surface area contributed by atoms with E-state index in [-0.39, 0.29) is 41.2 Å². The van der Waals surface area contributed by atoms with Gasteiger partial charge in [-0.2, -0.15) is 9.47 Å². The number of hydrogen-bond acceptors (Lipinski definition) is 8. The number of fused-ring (bicyclic) bond motifs is 1. The number of aromatic amines is 1. The third-order valence-electron chi connectivity index (χ3n) is 6.13. The summed E-state index contributed by atoms with van der Waals surface area (Å²) in [5, 5.41) is 12.8. The molecular formula is C26H22ClFN8O3S. The number of benzene rings is 2. The molecule has 2 amide bonds. The van der Waals surface area contributed by atoms with E-state index in [1.807, 2.05) is 12.1 Å². The first-order valence-electron chi connectivity index (χ1n) is 12.1. The Morgan fingerprint density at radius 3 is 2.73 bits per heavy atom. The maximum absolute atomic E-state index is 14.3. The minimum absolute atomic E-state index is 0.0128. The summed E-state index contributed by atoms with van der Waals surface area (Å²) in [6.07, 6.45) is 1.30. The molecule has 204 valence electrons. The SMILES string of the molecule is CC(=O)Cn1c(C(=O)NCc2ncn[nH]2)nc(NC(=O)c2nsc3ccccc23)c1[C@H](C)c1cc(F)ccc1Cl. The van der Waals surface area contributed by atoms with Crippen molar-refractivity contribution in [2.45, 2.75) is 32.9 Å². The molecule has 3 aromatic heterocycles. The Labute approximate surface area is 236 Å². The van der Waals surface area contributed by atoms with Crippen LogP contribution in [0.2, 0.25) is 5.02 Å². The maximum Gasteiger partial charge on any atom is 0.287 e. The quantitative estimate of drug-likeness (QED) is 0.235. The molecule has 0 aliphatic rings. The second kappa shape index (κ2) is 11.3. The van der Waals surface area contributed by atoms with Crippen LogP contribution in [-0.2, 0) is 17.9 Å². The van der Waals surface area contributed by atoms with Crippen LogP contribution in [0.25, 0.3) is 10.1 Å². The predicted octanol–water partition coefficient (Wildman–Crippen LogP) is 4.33. The van der Waals surface area contributed by atoms with Gasteiger partial charge < -0.3 is 15.2 Å². The Bertz CT molecular complexity index is 1730. The number of nitrogens with zero attached hydrogens (tertiary/aromatic N) is 5. The van der Waals surface area contributed by atoms with Gasteiger partial charge in [-0.25, -0.2) is 14.4 Å². The van der Waals surface area contributed by atoms with Gasteiger partial charge in [-0.05, 0) is 48.3 Å². The summed E-state index contributed by atoms with van der Waals surface area (Å²) in [6, 6.07) is 11.2. The van der Waals surface area contributed by atoms with Gasteiger partial charge in [0.1, 0.15) is 29.4 Å². The summed E-state index contributed by atoms with van der Waals surface area (Å²) in [5.74, 6) is -2.38. The lowest BCUT2D eigenvalue weighted by molar-refractivity contribution is -0.117. The van der Waals surface area contributed by atoms with Crippen molar-refractivity contribution < 1.29 is 18.8 Å². The number of nitrogens with one attached hydrogen (secondary N) is 3. The average Bonchev–Trinajstić information content (AvgIpc) is 3.67. The smallest absolute Gasteiger partial charge is 0.287 e. The van der Waals surface area contributed by atoms with Crippen molar-refractivity contribution in [2.24, 2.45) is 0 Å². The van der Waals surface area contributed by atoms with E-state index >= 15 is 0 Å². The average molecular weight is 581 g/mol. The molecule has 0 spiro atoms. The molecule has 40 heavy (non-hydrogen) atoms. The van der Waals surface area contributed by atoms with Crippen LogP contribution in [-0.4, -0.2) is 46.7 Å². The van der Waals surface area contributed by atoms with Gasteiger partial charge in [0.15, 0.2) is 5.82 Å². The molecular weight excluding hydrogens is 559 g/mol. The Morgan fingerprint density at radius 2 is 1.98 bits per heavy atom. The number of carbonyl (C=O) groups is 3. The van der Waals surface area contributed by atoms with Crippen molar-refractivity contribution in [3.63, 3.8) is 0 Å². The van der Waals surface area contributed by atoms with E-state index in [0.717, 1.165) is 4.70 Å². The molecule has 3 N–H and O–H groups in total. The standard InChI is InChI=1S/C26H22ClFN8O3S/c1-13(37)11-36-22(14(2)17-9-15(28)7-8-18(17)27)23(32-24(36)26(39)29-10-20-30-12-31-34-20)33-25(38)21-16-5-3-4-6-19(16)40-35-21/h3-9,12,14H,10-11H2,1-2H3,(H,29,39)(H,33,38)(H,30,31,34)/t14-/m1/s1. The molecule has 5 rings (SSSR count).